The van der Waals surface area contributed by atoms with Gasteiger partial charge >= 0.3 is 0 Å². The Balaban J connectivity index is 2.20. The Hall–Kier alpha value is -2.80. The molecule has 1 aliphatic heterocycles. The number of rotatable bonds is 3. The molecule has 1 aliphatic rings. The number of fused-ring (bicyclic) bond motifs is 1. The van der Waals surface area contributed by atoms with Crippen molar-refractivity contribution in [2.75, 3.05) is 13.1 Å². The molecule has 7 heteroatoms. The van der Waals surface area contributed by atoms with Gasteiger partial charge in [0.25, 0.3) is 11.8 Å². The smallest absolute Gasteiger partial charge is 0.265 e. The van der Waals surface area contributed by atoms with Gasteiger partial charge in [-0.15, -0.1) is 0 Å². The minimum atomic E-state index is -0.437. The monoisotopic (exact) mass is 369 g/mol. The molecule has 0 N–H and O–H groups in total. The summed E-state index contributed by atoms with van der Waals surface area (Å²) in [6.07, 6.45) is 1.49. The van der Waals surface area contributed by atoms with Gasteiger partial charge in [-0.2, -0.15) is 0 Å². The summed E-state index contributed by atoms with van der Waals surface area (Å²) in [4.78, 5) is 40.5. The van der Waals surface area contributed by atoms with Crippen molar-refractivity contribution in [3.63, 3.8) is 0 Å². The maximum absolute atomic E-state index is 12.8. The largest absolute Gasteiger partial charge is 0.285 e. The summed E-state index contributed by atoms with van der Waals surface area (Å²) >= 11 is 5.26. The van der Waals surface area contributed by atoms with Gasteiger partial charge in [0.05, 0.1) is 11.2 Å². The van der Waals surface area contributed by atoms with Crippen molar-refractivity contribution in [1.29, 1.82) is 0 Å². The van der Waals surface area contributed by atoms with Crippen molar-refractivity contribution in [2.24, 2.45) is 0 Å². The highest BCUT2D eigenvalue weighted by atomic mass is 32.1. The molecular weight excluding hydrogens is 350 g/mol. The van der Waals surface area contributed by atoms with Gasteiger partial charge in [-0.3, -0.25) is 28.8 Å². The van der Waals surface area contributed by atoms with Crippen LogP contribution in [0.25, 0.3) is 17.0 Å². The van der Waals surface area contributed by atoms with Crippen molar-refractivity contribution >= 4 is 52.0 Å². The fraction of sp³-hybridized carbons (Fsp3) is 0.263. The van der Waals surface area contributed by atoms with Gasteiger partial charge in [-0.1, -0.05) is 18.2 Å². The molecule has 2 aromatic rings. The van der Waals surface area contributed by atoms with Gasteiger partial charge < -0.3 is 0 Å². The SMILES string of the molecule is CCN1C(=O)C(=Cc2cc3ccccc3n2C(C)=O)C(=O)N(CC)C1=S. The molecule has 134 valence electrons. The first-order valence-corrected chi connectivity index (χ1v) is 8.82. The van der Waals surface area contributed by atoms with Crippen LogP contribution in [0, 0.1) is 0 Å². The molecule has 2 heterocycles. The van der Waals surface area contributed by atoms with Crippen LogP contribution in [0.15, 0.2) is 35.9 Å². The van der Waals surface area contributed by atoms with E-state index in [1.165, 1.54) is 27.4 Å². The van der Waals surface area contributed by atoms with E-state index in [4.69, 9.17) is 12.2 Å². The minimum absolute atomic E-state index is 0.00704. The van der Waals surface area contributed by atoms with Gasteiger partial charge in [-0.05, 0) is 44.3 Å². The molecule has 3 rings (SSSR count). The summed E-state index contributed by atoms with van der Waals surface area (Å²) in [5, 5.41) is 1.08. The number of amides is 2. The van der Waals surface area contributed by atoms with Gasteiger partial charge in [-0.25, -0.2) is 0 Å². The van der Waals surface area contributed by atoms with Crippen LogP contribution in [0.1, 0.15) is 31.3 Å². The highest BCUT2D eigenvalue weighted by Gasteiger charge is 2.38. The molecule has 0 bridgehead atoms. The molecule has 1 aromatic heterocycles. The number of likely N-dealkylation sites (N-methyl/N-ethyl adjacent to an activating group) is 2. The third-order valence-corrected chi connectivity index (χ3v) is 4.83. The molecule has 0 saturated carbocycles. The van der Waals surface area contributed by atoms with Crippen LogP contribution in [0.5, 0.6) is 0 Å². The summed E-state index contributed by atoms with van der Waals surface area (Å²) in [7, 11) is 0. The first-order valence-electron chi connectivity index (χ1n) is 8.41. The number of hydrogen-bond acceptors (Lipinski definition) is 4. The van der Waals surface area contributed by atoms with E-state index in [9.17, 15) is 14.4 Å². The lowest BCUT2D eigenvalue weighted by Crippen LogP contribution is -2.55. The first-order chi connectivity index (χ1) is 12.4. The average molecular weight is 369 g/mol. The fourth-order valence-electron chi connectivity index (χ4n) is 3.16. The minimum Gasteiger partial charge on any atom is -0.285 e. The Bertz CT molecular complexity index is 946. The third-order valence-electron chi connectivity index (χ3n) is 4.39. The predicted molar refractivity (Wildman–Crippen MR) is 104 cm³/mol. The molecule has 0 unspecified atom stereocenters. The Kier molecular flexibility index (Phi) is 4.73. The Morgan fingerprint density at radius 2 is 1.65 bits per heavy atom. The van der Waals surface area contributed by atoms with E-state index in [1.54, 1.807) is 19.9 Å². The summed E-state index contributed by atoms with van der Waals surface area (Å²) in [5.74, 6) is -1.07. The summed E-state index contributed by atoms with van der Waals surface area (Å²) in [6, 6.07) is 9.22. The second-order valence-corrected chi connectivity index (χ2v) is 6.29. The molecule has 0 spiro atoms. The zero-order valence-electron chi connectivity index (χ0n) is 14.9. The maximum Gasteiger partial charge on any atom is 0.265 e. The van der Waals surface area contributed by atoms with Crippen LogP contribution < -0.4 is 0 Å². The summed E-state index contributed by atoms with van der Waals surface area (Å²) in [6.45, 7) is 5.80. The number of carbonyl (C=O) groups is 3. The number of para-hydroxylation sites is 1. The van der Waals surface area contributed by atoms with E-state index in [0.29, 0.717) is 18.8 Å². The van der Waals surface area contributed by atoms with Gasteiger partial charge in [0, 0.05) is 25.4 Å². The Morgan fingerprint density at radius 3 is 2.19 bits per heavy atom. The predicted octanol–water partition coefficient (Wildman–Crippen LogP) is 2.68. The zero-order chi connectivity index (χ0) is 19.0. The van der Waals surface area contributed by atoms with Crippen molar-refractivity contribution in [2.45, 2.75) is 20.8 Å². The van der Waals surface area contributed by atoms with Crippen molar-refractivity contribution in [3.05, 3.63) is 41.6 Å². The van der Waals surface area contributed by atoms with E-state index < -0.39 is 11.8 Å². The molecule has 1 fully saturated rings. The molecule has 0 atom stereocenters. The number of nitrogens with zero attached hydrogens (tertiary/aromatic N) is 3. The van der Waals surface area contributed by atoms with Crippen LogP contribution >= 0.6 is 12.2 Å². The van der Waals surface area contributed by atoms with Gasteiger partial charge in [0.1, 0.15) is 5.57 Å². The molecular formula is C19H19N3O3S. The van der Waals surface area contributed by atoms with E-state index in [2.05, 4.69) is 0 Å². The maximum atomic E-state index is 12.8. The van der Waals surface area contributed by atoms with E-state index >= 15 is 0 Å². The van der Waals surface area contributed by atoms with E-state index in [-0.39, 0.29) is 16.6 Å². The van der Waals surface area contributed by atoms with Crippen LogP contribution in [-0.2, 0) is 9.59 Å². The lowest BCUT2D eigenvalue weighted by Gasteiger charge is -2.35. The molecule has 26 heavy (non-hydrogen) atoms. The van der Waals surface area contributed by atoms with Gasteiger partial charge in [0.2, 0.25) is 5.91 Å². The number of benzene rings is 1. The number of thiocarbonyl (C=S) groups is 1. The summed E-state index contributed by atoms with van der Waals surface area (Å²) < 4.78 is 1.50. The molecule has 1 saturated heterocycles. The Labute approximate surface area is 156 Å². The molecule has 0 radical (unpaired) electrons. The normalized spacial score (nSPS) is 15.2. The lowest BCUT2D eigenvalue weighted by atomic mass is 10.1. The van der Waals surface area contributed by atoms with Crippen LogP contribution in [-0.4, -0.2) is 50.3 Å². The summed E-state index contributed by atoms with van der Waals surface area (Å²) in [5.41, 5.74) is 1.24. The van der Waals surface area contributed by atoms with E-state index in [0.717, 1.165) is 10.9 Å². The third kappa shape index (κ3) is 2.74. The quantitative estimate of drug-likeness (QED) is 0.474. The number of carbonyl (C=O) groups excluding carboxylic acids is 3. The number of hydrogen-bond donors (Lipinski definition) is 0. The van der Waals surface area contributed by atoms with Gasteiger partial charge in [0.15, 0.2) is 5.11 Å². The van der Waals surface area contributed by atoms with Crippen LogP contribution in [0.3, 0.4) is 0 Å². The van der Waals surface area contributed by atoms with Crippen molar-refractivity contribution in [3.8, 4) is 0 Å². The molecule has 1 aromatic carbocycles. The van der Waals surface area contributed by atoms with Crippen LogP contribution in [0.4, 0.5) is 0 Å². The second kappa shape index (κ2) is 6.84. The molecule has 6 nitrogen and oxygen atoms in total. The first kappa shape index (κ1) is 18.0. The van der Waals surface area contributed by atoms with Crippen molar-refractivity contribution in [1.82, 2.24) is 14.4 Å². The highest BCUT2D eigenvalue weighted by Crippen LogP contribution is 2.25. The van der Waals surface area contributed by atoms with Crippen LogP contribution in [0.2, 0.25) is 0 Å². The molecule has 2 amide bonds. The Morgan fingerprint density at radius 1 is 1.08 bits per heavy atom. The topological polar surface area (TPSA) is 62.6 Å². The standard InChI is InChI=1S/C19H19N3O3S/c1-4-20-17(24)15(18(25)21(5-2)19(20)26)11-14-10-13-8-6-7-9-16(13)22(14)12(3)23/h6-11H,4-5H2,1-3H3. The average Bonchev–Trinajstić information content (AvgIpc) is 2.97. The second-order valence-electron chi connectivity index (χ2n) is 5.92. The molecule has 0 aliphatic carbocycles. The number of aromatic nitrogens is 1. The van der Waals surface area contributed by atoms with E-state index in [1.807, 2.05) is 24.3 Å². The van der Waals surface area contributed by atoms with Crippen molar-refractivity contribution < 1.29 is 14.4 Å². The highest BCUT2D eigenvalue weighted by molar-refractivity contribution is 7.80. The fourth-order valence-corrected chi connectivity index (χ4v) is 3.59. The zero-order valence-corrected chi connectivity index (χ0v) is 15.7. The lowest BCUT2D eigenvalue weighted by molar-refractivity contribution is -0.133.